The van der Waals surface area contributed by atoms with Crippen LogP contribution in [0.5, 0.6) is 0 Å². The Morgan fingerprint density at radius 3 is 1.11 bits per heavy atom. The SMILES string of the molecule is Cc1cc(-c2ccc(NC(=O)Nc3c(C)cccc3C)c(C)c2)ccc1NC(=O)Nc1c(C)cccc1C. The van der Waals surface area contributed by atoms with Crippen LogP contribution in [0.1, 0.15) is 33.4 Å². The second-order valence-corrected chi connectivity index (χ2v) is 9.75. The molecule has 4 aromatic carbocycles. The topological polar surface area (TPSA) is 82.3 Å². The summed E-state index contributed by atoms with van der Waals surface area (Å²) in [5.41, 5.74) is 11.2. The zero-order valence-electron chi connectivity index (χ0n) is 22.7. The summed E-state index contributed by atoms with van der Waals surface area (Å²) in [6, 6.07) is 23.2. The van der Waals surface area contributed by atoms with Crippen molar-refractivity contribution in [2.75, 3.05) is 21.3 Å². The molecule has 0 unspecified atom stereocenters. The van der Waals surface area contributed by atoms with E-state index in [0.29, 0.717) is 0 Å². The van der Waals surface area contributed by atoms with Crippen molar-refractivity contribution in [3.8, 4) is 11.1 Å². The first-order valence-electron chi connectivity index (χ1n) is 12.6. The lowest BCUT2D eigenvalue weighted by molar-refractivity contribution is 0.261. The number of anilines is 4. The maximum atomic E-state index is 12.7. The maximum absolute atomic E-state index is 12.7. The molecule has 4 aromatic rings. The third-order valence-electron chi connectivity index (χ3n) is 6.72. The number of amides is 4. The number of aryl methyl sites for hydroxylation is 6. The zero-order valence-corrected chi connectivity index (χ0v) is 22.7. The van der Waals surface area contributed by atoms with E-state index < -0.39 is 0 Å². The Kier molecular flexibility index (Phi) is 7.82. The molecule has 4 N–H and O–H groups in total. The van der Waals surface area contributed by atoms with Crippen LogP contribution in [0.25, 0.3) is 11.1 Å². The van der Waals surface area contributed by atoms with Gasteiger partial charge in [0.1, 0.15) is 0 Å². The second-order valence-electron chi connectivity index (χ2n) is 9.75. The van der Waals surface area contributed by atoms with Crippen molar-refractivity contribution in [3.05, 3.63) is 106 Å². The van der Waals surface area contributed by atoms with Gasteiger partial charge in [-0.1, -0.05) is 48.5 Å². The van der Waals surface area contributed by atoms with Gasteiger partial charge in [-0.3, -0.25) is 0 Å². The molecule has 0 aliphatic carbocycles. The minimum atomic E-state index is -0.274. The lowest BCUT2D eigenvalue weighted by Crippen LogP contribution is -2.21. The van der Waals surface area contributed by atoms with Gasteiger partial charge < -0.3 is 21.3 Å². The van der Waals surface area contributed by atoms with Gasteiger partial charge in [-0.15, -0.1) is 0 Å². The number of nitrogens with one attached hydrogen (secondary N) is 4. The van der Waals surface area contributed by atoms with E-state index in [1.807, 2.05) is 114 Å². The molecule has 0 aliphatic rings. The summed E-state index contributed by atoms with van der Waals surface area (Å²) in [4.78, 5) is 25.3. The molecule has 0 spiro atoms. The highest BCUT2D eigenvalue weighted by molar-refractivity contribution is 6.02. The van der Waals surface area contributed by atoms with Gasteiger partial charge in [0.05, 0.1) is 0 Å². The van der Waals surface area contributed by atoms with E-state index >= 15 is 0 Å². The average Bonchev–Trinajstić information content (AvgIpc) is 2.86. The van der Waals surface area contributed by atoms with Gasteiger partial charge in [0, 0.05) is 22.7 Å². The van der Waals surface area contributed by atoms with Crippen LogP contribution in [0.15, 0.2) is 72.8 Å². The Hall–Kier alpha value is -4.58. The summed E-state index contributed by atoms with van der Waals surface area (Å²) in [6.07, 6.45) is 0. The van der Waals surface area contributed by atoms with Crippen LogP contribution in [0.3, 0.4) is 0 Å². The van der Waals surface area contributed by atoms with E-state index in [1.165, 1.54) is 0 Å². The molecule has 0 saturated heterocycles. The summed E-state index contributed by atoms with van der Waals surface area (Å²) >= 11 is 0. The summed E-state index contributed by atoms with van der Waals surface area (Å²) in [7, 11) is 0. The number of rotatable bonds is 5. The van der Waals surface area contributed by atoms with Crippen LogP contribution < -0.4 is 21.3 Å². The van der Waals surface area contributed by atoms with Crippen LogP contribution in [-0.4, -0.2) is 12.1 Å². The molecule has 0 heterocycles. The molecule has 6 heteroatoms. The predicted molar refractivity (Wildman–Crippen MR) is 158 cm³/mol. The molecule has 0 atom stereocenters. The Labute approximate surface area is 224 Å². The van der Waals surface area contributed by atoms with Gasteiger partial charge in [-0.25, -0.2) is 9.59 Å². The minimum Gasteiger partial charge on any atom is -0.307 e. The fraction of sp³-hybridized carbons (Fsp3) is 0.188. The Bertz CT molecular complexity index is 1370. The molecular weight excluding hydrogens is 472 g/mol. The highest BCUT2D eigenvalue weighted by Gasteiger charge is 2.12. The molecule has 38 heavy (non-hydrogen) atoms. The number of carbonyl (C=O) groups excluding carboxylic acids is 2. The molecule has 0 bridgehead atoms. The largest absolute Gasteiger partial charge is 0.323 e. The number of para-hydroxylation sites is 2. The maximum Gasteiger partial charge on any atom is 0.323 e. The Morgan fingerprint density at radius 2 is 0.789 bits per heavy atom. The second kappa shape index (κ2) is 11.2. The highest BCUT2D eigenvalue weighted by atomic mass is 16.2. The van der Waals surface area contributed by atoms with E-state index in [0.717, 1.165) is 67.3 Å². The van der Waals surface area contributed by atoms with E-state index in [2.05, 4.69) is 21.3 Å². The fourth-order valence-electron chi connectivity index (χ4n) is 4.52. The lowest BCUT2D eigenvalue weighted by atomic mass is 10.00. The molecule has 0 aromatic heterocycles. The van der Waals surface area contributed by atoms with Gasteiger partial charge in [0.25, 0.3) is 0 Å². The Morgan fingerprint density at radius 1 is 0.447 bits per heavy atom. The van der Waals surface area contributed by atoms with Crippen molar-refractivity contribution in [2.24, 2.45) is 0 Å². The average molecular weight is 507 g/mol. The van der Waals surface area contributed by atoms with Gasteiger partial charge in [0.15, 0.2) is 0 Å². The van der Waals surface area contributed by atoms with E-state index in [-0.39, 0.29) is 12.1 Å². The van der Waals surface area contributed by atoms with E-state index in [1.54, 1.807) is 0 Å². The number of urea groups is 2. The predicted octanol–water partition coefficient (Wildman–Crippen LogP) is 8.49. The molecule has 6 nitrogen and oxygen atoms in total. The molecule has 4 amide bonds. The smallest absolute Gasteiger partial charge is 0.307 e. The number of carbonyl (C=O) groups is 2. The van der Waals surface area contributed by atoms with Crippen molar-refractivity contribution in [1.82, 2.24) is 0 Å². The quantitative estimate of drug-likeness (QED) is 0.219. The van der Waals surface area contributed by atoms with E-state index in [9.17, 15) is 9.59 Å². The van der Waals surface area contributed by atoms with Crippen LogP contribution >= 0.6 is 0 Å². The normalized spacial score (nSPS) is 10.6. The summed E-state index contributed by atoms with van der Waals surface area (Å²) in [5.74, 6) is 0. The van der Waals surface area contributed by atoms with Crippen molar-refractivity contribution in [1.29, 1.82) is 0 Å². The molecule has 0 aliphatic heterocycles. The first kappa shape index (κ1) is 26.5. The molecular formula is C32H34N4O2. The summed E-state index contributed by atoms with van der Waals surface area (Å²) in [5, 5.41) is 11.8. The summed E-state index contributed by atoms with van der Waals surface area (Å²) < 4.78 is 0. The standard InChI is InChI=1S/C32H34N4O2/c1-19-9-7-10-20(2)29(19)35-31(37)33-27-15-13-25(17-23(27)5)26-14-16-28(24(6)18-26)34-32(38)36-30-21(3)11-8-12-22(30)4/h7-18H,1-6H3,(H2,33,35,37)(H2,34,36,38). The van der Waals surface area contributed by atoms with Gasteiger partial charge >= 0.3 is 12.1 Å². The van der Waals surface area contributed by atoms with Crippen LogP contribution in [0, 0.1) is 41.5 Å². The first-order valence-corrected chi connectivity index (χ1v) is 12.6. The summed E-state index contributed by atoms with van der Waals surface area (Å²) in [6.45, 7) is 11.8. The van der Waals surface area contributed by atoms with Crippen LogP contribution in [0.4, 0.5) is 32.3 Å². The van der Waals surface area contributed by atoms with Gasteiger partial charge in [-0.2, -0.15) is 0 Å². The third kappa shape index (κ3) is 6.03. The van der Waals surface area contributed by atoms with Crippen LogP contribution in [0.2, 0.25) is 0 Å². The first-order chi connectivity index (χ1) is 18.1. The van der Waals surface area contributed by atoms with Crippen molar-refractivity contribution < 1.29 is 9.59 Å². The fourth-order valence-corrected chi connectivity index (χ4v) is 4.52. The molecule has 4 rings (SSSR count). The van der Waals surface area contributed by atoms with Gasteiger partial charge in [-0.05, 0) is 110 Å². The zero-order chi connectivity index (χ0) is 27.4. The molecule has 194 valence electrons. The molecule has 0 fully saturated rings. The molecule has 0 radical (unpaired) electrons. The molecule has 0 saturated carbocycles. The van der Waals surface area contributed by atoms with E-state index in [4.69, 9.17) is 0 Å². The lowest BCUT2D eigenvalue weighted by Gasteiger charge is -2.15. The number of benzene rings is 4. The highest BCUT2D eigenvalue weighted by Crippen LogP contribution is 2.29. The minimum absolute atomic E-state index is 0.274. The van der Waals surface area contributed by atoms with Crippen LogP contribution in [-0.2, 0) is 0 Å². The van der Waals surface area contributed by atoms with Gasteiger partial charge in [0.2, 0.25) is 0 Å². The number of hydrogen-bond acceptors (Lipinski definition) is 2. The monoisotopic (exact) mass is 506 g/mol. The third-order valence-corrected chi connectivity index (χ3v) is 6.72. The Balaban J connectivity index is 1.44. The number of hydrogen-bond donors (Lipinski definition) is 4. The van der Waals surface area contributed by atoms with Crippen molar-refractivity contribution in [2.45, 2.75) is 41.5 Å². The van der Waals surface area contributed by atoms with Crippen molar-refractivity contribution >= 4 is 34.8 Å². The van der Waals surface area contributed by atoms with Crippen molar-refractivity contribution in [3.63, 3.8) is 0 Å².